The molecule has 13 nitrogen and oxygen atoms in total. The molecule has 294 valence electrons. The van der Waals surface area contributed by atoms with Crippen LogP contribution in [0.1, 0.15) is 54.4 Å². The zero-order chi connectivity index (χ0) is 39.7. The van der Waals surface area contributed by atoms with Gasteiger partial charge in [0.1, 0.15) is 34.2 Å². The molecule has 0 bridgehead atoms. The molecule has 1 atom stereocenters. The number of aromatic nitrogens is 2. The molecule has 57 heavy (non-hydrogen) atoms. The van der Waals surface area contributed by atoms with Gasteiger partial charge in [0.05, 0.1) is 22.8 Å². The number of halogens is 1. The van der Waals surface area contributed by atoms with Crippen molar-refractivity contribution in [2.24, 2.45) is 5.41 Å². The smallest absolute Gasteiger partial charge is 0.299 e. The van der Waals surface area contributed by atoms with E-state index in [0.717, 1.165) is 67.7 Å². The van der Waals surface area contributed by atoms with Crippen molar-refractivity contribution in [3.63, 3.8) is 0 Å². The SMILES string of the molecule is CN/C=C1/C=C([S+]([O-])NC(=O)c2ccc(N3CCN(CC4=C(c5ccc(Cl)cc5)CC5(CCC5)CC4)CC3)cc2Oc2cnc3[nH]ccc3c2)C=C([N+](=O)[O-])C1=N. The van der Waals surface area contributed by atoms with Gasteiger partial charge in [-0.2, -0.15) is 4.72 Å². The van der Waals surface area contributed by atoms with E-state index >= 15 is 0 Å². The summed E-state index contributed by atoms with van der Waals surface area (Å²) in [5.41, 5.74) is 5.75. The Hall–Kier alpha value is -5.41. The van der Waals surface area contributed by atoms with E-state index in [-0.39, 0.29) is 27.5 Å². The van der Waals surface area contributed by atoms with Gasteiger partial charge < -0.3 is 24.5 Å². The Balaban J connectivity index is 1.01. The molecule has 1 aliphatic heterocycles. The number of H-pyrrole nitrogens is 1. The number of aromatic amines is 1. The molecule has 3 aliphatic carbocycles. The average Bonchev–Trinajstić information content (AvgIpc) is 3.67. The summed E-state index contributed by atoms with van der Waals surface area (Å²) in [6.45, 7) is 4.21. The van der Waals surface area contributed by atoms with Crippen LogP contribution in [0.3, 0.4) is 0 Å². The van der Waals surface area contributed by atoms with E-state index in [1.165, 1.54) is 54.7 Å². The molecule has 15 heteroatoms. The van der Waals surface area contributed by atoms with Crippen molar-refractivity contribution in [3.05, 3.63) is 133 Å². The molecule has 1 saturated carbocycles. The highest BCUT2D eigenvalue weighted by atomic mass is 35.5. The first-order chi connectivity index (χ1) is 27.6. The predicted molar refractivity (Wildman–Crippen MR) is 223 cm³/mol. The molecule has 2 aromatic carbocycles. The van der Waals surface area contributed by atoms with Crippen LogP contribution in [0, 0.1) is 20.9 Å². The highest BCUT2D eigenvalue weighted by Crippen LogP contribution is 2.55. The molecule has 4 aliphatic rings. The number of nitrogens with one attached hydrogen (secondary N) is 4. The summed E-state index contributed by atoms with van der Waals surface area (Å²) in [6, 6.07) is 17.3. The number of carbonyl (C=O) groups is 1. The van der Waals surface area contributed by atoms with Crippen LogP contribution >= 0.6 is 11.6 Å². The Bertz CT molecular complexity index is 2360. The summed E-state index contributed by atoms with van der Waals surface area (Å²) in [4.78, 5) is 37.1. The minimum absolute atomic E-state index is 0.0292. The summed E-state index contributed by atoms with van der Waals surface area (Å²) < 4.78 is 22.3. The van der Waals surface area contributed by atoms with Crippen molar-refractivity contribution < 1.29 is 19.0 Å². The number of hydrogen-bond acceptors (Lipinski definition) is 10. The molecule has 0 radical (unpaired) electrons. The van der Waals surface area contributed by atoms with Crippen LogP contribution in [0.25, 0.3) is 16.6 Å². The monoisotopic (exact) mass is 806 g/mol. The van der Waals surface area contributed by atoms with Gasteiger partial charge in [-0.15, -0.1) is 0 Å². The molecule has 4 N–H and O–H groups in total. The lowest BCUT2D eigenvalue weighted by Crippen LogP contribution is -2.47. The summed E-state index contributed by atoms with van der Waals surface area (Å²) in [5, 5.41) is 24.2. The minimum Gasteiger partial charge on any atom is -0.588 e. The summed E-state index contributed by atoms with van der Waals surface area (Å²) in [6.07, 6.45) is 14.6. The molecule has 8 rings (SSSR count). The van der Waals surface area contributed by atoms with Crippen LogP contribution in [-0.4, -0.2) is 75.7 Å². The van der Waals surface area contributed by atoms with E-state index in [1.54, 1.807) is 25.5 Å². The number of piperazine rings is 1. The number of allylic oxidation sites excluding steroid dienone is 4. The maximum Gasteiger partial charge on any atom is 0.299 e. The lowest BCUT2D eigenvalue weighted by molar-refractivity contribution is -0.415. The zero-order valence-corrected chi connectivity index (χ0v) is 33.0. The van der Waals surface area contributed by atoms with Gasteiger partial charge >= 0.3 is 0 Å². The predicted octanol–water partition coefficient (Wildman–Crippen LogP) is 7.51. The van der Waals surface area contributed by atoms with Gasteiger partial charge in [0.2, 0.25) is 0 Å². The number of benzene rings is 2. The second-order valence-corrected chi connectivity index (χ2v) is 16.7. The number of nitro groups is 1. The highest BCUT2D eigenvalue weighted by molar-refractivity contribution is 7.94. The first kappa shape index (κ1) is 38.5. The Morgan fingerprint density at radius 2 is 1.89 bits per heavy atom. The van der Waals surface area contributed by atoms with Crippen LogP contribution in [0.4, 0.5) is 5.69 Å². The molecule has 3 heterocycles. The Morgan fingerprint density at radius 3 is 2.61 bits per heavy atom. The molecular formula is C42H43ClN8O5S. The van der Waals surface area contributed by atoms with Crippen molar-refractivity contribution in [1.82, 2.24) is 24.9 Å². The fourth-order valence-corrected chi connectivity index (χ4v) is 9.22. The number of fused-ring (bicyclic) bond motifs is 1. The molecular weight excluding hydrogens is 764 g/mol. The number of nitrogens with zero attached hydrogens (tertiary/aromatic N) is 4. The number of rotatable bonds is 11. The van der Waals surface area contributed by atoms with E-state index < -0.39 is 27.9 Å². The van der Waals surface area contributed by atoms with E-state index in [9.17, 15) is 19.5 Å². The standard InChI is InChI=1S/C42H43ClN8O5S/c1-45-24-30-20-34(22-37(39(30)44)51(53)54)57(55)48-41(52)35-8-7-32(21-38(35)56-33-19-28-10-14-46-40(28)47-25-33)50-17-15-49(16-18-50)26-29-9-13-42(11-2-12-42)23-36(29)27-3-5-31(43)6-4-27/h3-8,10,14,19-22,24-25,44-45H,2,9,11-13,15-18,23,26H2,1H3,(H,46,47)(H,48,52)/b30-24-,44-39?. The Labute approximate surface area is 338 Å². The number of amides is 1. The van der Waals surface area contributed by atoms with Gasteiger partial charge in [-0.05, 0) is 85.1 Å². The first-order valence-corrected chi connectivity index (χ1v) is 20.6. The maximum absolute atomic E-state index is 13.8. The number of anilines is 1. The molecule has 2 aromatic heterocycles. The van der Waals surface area contributed by atoms with Crippen LogP contribution in [0.15, 0.2) is 107 Å². The summed E-state index contributed by atoms with van der Waals surface area (Å²) >= 11 is 4.07. The third-order valence-electron chi connectivity index (χ3n) is 11.5. The van der Waals surface area contributed by atoms with Gasteiger partial charge in [0.25, 0.3) is 11.6 Å². The van der Waals surface area contributed by atoms with E-state index in [4.69, 9.17) is 21.7 Å². The number of hydrogen-bond donors (Lipinski definition) is 4. The fourth-order valence-electron chi connectivity index (χ4n) is 8.25. The second kappa shape index (κ2) is 16.2. The first-order valence-electron chi connectivity index (χ1n) is 19.0. The van der Waals surface area contributed by atoms with Gasteiger partial charge in [-0.25, -0.2) is 4.98 Å². The number of ether oxygens (including phenoxy) is 1. The van der Waals surface area contributed by atoms with Gasteiger partial charge in [0.15, 0.2) is 4.91 Å². The third kappa shape index (κ3) is 8.21. The molecule has 1 amide bonds. The van der Waals surface area contributed by atoms with Crippen molar-refractivity contribution >= 4 is 56.9 Å². The Morgan fingerprint density at radius 1 is 1.11 bits per heavy atom. The quantitative estimate of drug-likeness (QED) is 0.0679. The molecule has 1 spiro atoms. The van der Waals surface area contributed by atoms with Crippen molar-refractivity contribution in [3.8, 4) is 11.5 Å². The molecule has 1 saturated heterocycles. The van der Waals surface area contributed by atoms with Crippen LogP contribution in [0.5, 0.6) is 11.5 Å². The van der Waals surface area contributed by atoms with E-state index in [2.05, 4.69) is 41.9 Å². The third-order valence-corrected chi connectivity index (χ3v) is 12.8. The maximum atomic E-state index is 13.8. The van der Waals surface area contributed by atoms with Crippen molar-refractivity contribution in [1.29, 1.82) is 5.41 Å². The average molecular weight is 807 g/mol. The van der Waals surface area contributed by atoms with Crippen LogP contribution < -0.4 is 19.7 Å². The summed E-state index contributed by atoms with van der Waals surface area (Å²) in [7, 11) is 1.59. The highest BCUT2D eigenvalue weighted by Gasteiger charge is 2.41. The largest absolute Gasteiger partial charge is 0.588 e. The molecule has 1 unspecified atom stereocenters. The van der Waals surface area contributed by atoms with Gasteiger partial charge in [-0.1, -0.05) is 35.7 Å². The molecule has 4 aromatic rings. The topological polar surface area (TPSA) is 176 Å². The van der Waals surface area contributed by atoms with E-state index in [0.29, 0.717) is 16.8 Å². The van der Waals surface area contributed by atoms with Gasteiger partial charge in [-0.3, -0.25) is 25.2 Å². The minimum atomic E-state index is -2.20. The lowest BCUT2D eigenvalue weighted by Gasteiger charge is -2.47. The number of pyridine rings is 1. The molecule has 2 fully saturated rings. The lowest BCUT2D eigenvalue weighted by atomic mass is 9.59. The number of carbonyl (C=O) groups excluding carboxylic acids is 1. The van der Waals surface area contributed by atoms with Gasteiger partial charge in [0, 0.05) is 86.0 Å². The van der Waals surface area contributed by atoms with E-state index in [1.807, 2.05) is 36.4 Å². The Kier molecular flexibility index (Phi) is 10.9. The normalized spacial score (nSPS) is 19.6. The van der Waals surface area contributed by atoms with Crippen molar-refractivity contribution in [2.45, 2.75) is 38.5 Å². The fraction of sp³-hybridized carbons (Fsp3) is 0.310. The van der Waals surface area contributed by atoms with Crippen LogP contribution in [0.2, 0.25) is 5.02 Å². The second-order valence-electron chi connectivity index (χ2n) is 15.0. The van der Waals surface area contributed by atoms with Crippen LogP contribution in [-0.2, 0) is 11.4 Å². The summed E-state index contributed by atoms with van der Waals surface area (Å²) in [5.74, 6) is -0.0511. The zero-order valence-electron chi connectivity index (χ0n) is 31.5. The van der Waals surface area contributed by atoms with Crippen molar-refractivity contribution in [2.75, 3.05) is 44.7 Å².